The first-order valence-electron chi connectivity index (χ1n) is 6.17. The molecular formula is C13H17N3O2S. The predicted molar refractivity (Wildman–Crippen MR) is 76.9 cm³/mol. The zero-order valence-corrected chi connectivity index (χ0v) is 11.4. The fourth-order valence-electron chi connectivity index (χ4n) is 1.93. The summed E-state index contributed by atoms with van der Waals surface area (Å²) in [6, 6.07) is 9.32. The van der Waals surface area contributed by atoms with Gasteiger partial charge in [-0.25, -0.2) is 0 Å². The van der Waals surface area contributed by atoms with Crippen molar-refractivity contribution in [1.29, 1.82) is 0 Å². The molecule has 1 saturated heterocycles. The van der Waals surface area contributed by atoms with Crippen molar-refractivity contribution in [2.75, 3.05) is 32.8 Å². The van der Waals surface area contributed by atoms with E-state index in [1.165, 1.54) is 0 Å². The second-order valence-corrected chi connectivity index (χ2v) is 4.73. The Labute approximate surface area is 117 Å². The Kier molecular flexibility index (Phi) is 4.57. The topological polar surface area (TPSA) is 58.8 Å². The number of piperazine rings is 1. The average molecular weight is 279 g/mol. The SMILES string of the molecule is NC(=S)N1CCN(C(=O)COc2ccccc2)CC1. The van der Waals surface area contributed by atoms with Gasteiger partial charge in [0, 0.05) is 26.2 Å². The van der Waals surface area contributed by atoms with E-state index < -0.39 is 0 Å². The second kappa shape index (κ2) is 6.38. The van der Waals surface area contributed by atoms with Crippen LogP contribution in [0.5, 0.6) is 5.75 Å². The van der Waals surface area contributed by atoms with E-state index in [0.717, 1.165) is 0 Å². The van der Waals surface area contributed by atoms with Crippen LogP contribution in [0.3, 0.4) is 0 Å². The van der Waals surface area contributed by atoms with Crippen LogP contribution < -0.4 is 10.5 Å². The molecule has 5 nitrogen and oxygen atoms in total. The second-order valence-electron chi connectivity index (χ2n) is 4.31. The van der Waals surface area contributed by atoms with Crippen LogP contribution in [0.15, 0.2) is 30.3 Å². The molecule has 1 aliphatic rings. The quantitative estimate of drug-likeness (QED) is 0.814. The van der Waals surface area contributed by atoms with Gasteiger partial charge in [0.2, 0.25) is 0 Å². The smallest absolute Gasteiger partial charge is 0.260 e. The largest absolute Gasteiger partial charge is 0.484 e. The molecule has 1 aromatic rings. The van der Waals surface area contributed by atoms with Gasteiger partial charge in [0.05, 0.1) is 0 Å². The molecular weight excluding hydrogens is 262 g/mol. The van der Waals surface area contributed by atoms with Gasteiger partial charge in [-0.05, 0) is 24.4 Å². The minimum Gasteiger partial charge on any atom is -0.484 e. The summed E-state index contributed by atoms with van der Waals surface area (Å²) in [5.41, 5.74) is 5.55. The first kappa shape index (κ1) is 13.6. The van der Waals surface area contributed by atoms with Crippen molar-refractivity contribution in [2.45, 2.75) is 0 Å². The van der Waals surface area contributed by atoms with E-state index in [-0.39, 0.29) is 12.5 Å². The maximum absolute atomic E-state index is 12.0. The number of thiocarbonyl (C=S) groups is 1. The van der Waals surface area contributed by atoms with Gasteiger partial charge < -0.3 is 20.3 Å². The van der Waals surface area contributed by atoms with Crippen molar-refractivity contribution in [3.63, 3.8) is 0 Å². The highest BCUT2D eigenvalue weighted by Gasteiger charge is 2.21. The van der Waals surface area contributed by atoms with E-state index in [1.54, 1.807) is 4.90 Å². The number of carbonyl (C=O) groups is 1. The maximum Gasteiger partial charge on any atom is 0.260 e. The van der Waals surface area contributed by atoms with E-state index in [0.29, 0.717) is 37.0 Å². The van der Waals surface area contributed by atoms with Gasteiger partial charge in [-0.2, -0.15) is 0 Å². The van der Waals surface area contributed by atoms with Crippen molar-refractivity contribution in [3.8, 4) is 5.75 Å². The van der Waals surface area contributed by atoms with Gasteiger partial charge in [-0.1, -0.05) is 18.2 Å². The van der Waals surface area contributed by atoms with Crippen molar-refractivity contribution >= 4 is 23.2 Å². The van der Waals surface area contributed by atoms with Gasteiger partial charge in [0.25, 0.3) is 5.91 Å². The number of carbonyl (C=O) groups excluding carboxylic acids is 1. The lowest BCUT2D eigenvalue weighted by atomic mass is 10.3. The summed E-state index contributed by atoms with van der Waals surface area (Å²) in [5.74, 6) is 0.698. The molecule has 1 amide bonds. The van der Waals surface area contributed by atoms with Crippen LogP contribution in [-0.2, 0) is 4.79 Å². The first-order valence-corrected chi connectivity index (χ1v) is 6.57. The van der Waals surface area contributed by atoms with E-state index in [9.17, 15) is 4.79 Å². The predicted octanol–water partition coefficient (Wildman–Crippen LogP) is 0.453. The number of benzene rings is 1. The normalized spacial score (nSPS) is 15.2. The third-order valence-electron chi connectivity index (χ3n) is 3.05. The molecule has 19 heavy (non-hydrogen) atoms. The Morgan fingerprint density at radius 2 is 1.74 bits per heavy atom. The number of ether oxygens (including phenoxy) is 1. The Bertz CT molecular complexity index is 444. The molecule has 0 unspecified atom stereocenters. The van der Waals surface area contributed by atoms with Gasteiger partial charge >= 0.3 is 0 Å². The highest BCUT2D eigenvalue weighted by molar-refractivity contribution is 7.80. The number of hydrogen-bond donors (Lipinski definition) is 1. The molecule has 0 atom stereocenters. The van der Waals surface area contributed by atoms with Gasteiger partial charge in [-0.15, -0.1) is 0 Å². The Hall–Kier alpha value is -1.82. The zero-order chi connectivity index (χ0) is 13.7. The first-order chi connectivity index (χ1) is 9.16. The summed E-state index contributed by atoms with van der Waals surface area (Å²) in [7, 11) is 0. The Morgan fingerprint density at radius 3 is 2.32 bits per heavy atom. The van der Waals surface area contributed by atoms with Crippen molar-refractivity contribution in [3.05, 3.63) is 30.3 Å². The minimum absolute atomic E-state index is 0.00792. The molecule has 2 rings (SSSR count). The van der Waals surface area contributed by atoms with E-state index in [4.69, 9.17) is 22.7 Å². The van der Waals surface area contributed by atoms with Crippen LogP contribution in [0.4, 0.5) is 0 Å². The van der Waals surface area contributed by atoms with Crippen molar-refractivity contribution in [1.82, 2.24) is 9.80 Å². The van der Waals surface area contributed by atoms with Gasteiger partial charge in [0.15, 0.2) is 11.7 Å². The molecule has 0 saturated carbocycles. The lowest BCUT2D eigenvalue weighted by Crippen LogP contribution is -2.52. The van der Waals surface area contributed by atoms with E-state index in [1.807, 2.05) is 35.2 Å². The molecule has 2 N–H and O–H groups in total. The number of para-hydroxylation sites is 1. The average Bonchev–Trinajstić information content (AvgIpc) is 2.46. The van der Waals surface area contributed by atoms with E-state index in [2.05, 4.69) is 0 Å². The lowest BCUT2D eigenvalue weighted by molar-refractivity contribution is -0.134. The summed E-state index contributed by atoms with van der Waals surface area (Å²) in [4.78, 5) is 15.6. The molecule has 0 bridgehead atoms. The van der Waals surface area contributed by atoms with Crippen LogP contribution in [0.1, 0.15) is 0 Å². The van der Waals surface area contributed by atoms with Crippen molar-refractivity contribution < 1.29 is 9.53 Å². The summed E-state index contributed by atoms with van der Waals surface area (Å²) >= 11 is 4.91. The molecule has 1 fully saturated rings. The molecule has 0 spiro atoms. The molecule has 1 aliphatic heterocycles. The molecule has 1 aromatic carbocycles. The molecule has 0 aromatic heterocycles. The minimum atomic E-state index is -0.00792. The highest BCUT2D eigenvalue weighted by Crippen LogP contribution is 2.09. The van der Waals surface area contributed by atoms with Gasteiger partial charge in [0.1, 0.15) is 5.75 Å². The highest BCUT2D eigenvalue weighted by atomic mass is 32.1. The Balaban J connectivity index is 1.77. The number of hydrogen-bond acceptors (Lipinski definition) is 3. The fraction of sp³-hybridized carbons (Fsp3) is 0.385. The summed E-state index contributed by atoms with van der Waals surface area (Å²) in [6.07, 6.45) is 0. The summed E-state index contributed by atoms with van der Waals surface area (Å²) in [5, 5.41) is 0.396. The third kappa shape index (κ3) is 3.82. The molecule has 0 aliphatic carbocycles. The monoisotopic (exact) mass is 279 g/mol. The maximum atomic E-state index is 12.0. The molecule has 6 heteroatoms. The van der Waals surface area contributed by atoms with Gasteiger partial charge in [-0.3, -0.25) is 4.79 Å². The number of nitrogens with two attached hydrogens (primary N) is 1. The fourth-order valence-corrected chi connectivity index (χ4v) is 2.11. The number of amides is 1. The lowest BCUT2D eigenvalue weighted by Gasteiger charge is -2.34. The van der Waals surface area contributed by atoms with Crippen LogP contribution in [0.2, 0.25) is 0 Å². The molecule has 102 valence electrons. The van der Waals surface area contributed by atoms with Crippen LogP contribution >= 0.6 is 12.2 Å². The summed E-state index contributed by atoms with van der Waals surface area (Å²) < 4.78 is 5.44. The standard InChI is InChI=1S/C13H17N3O2S/c14-13(19)16-8-6-15(7-9-16)12(17)10-18-11-4-2-1-3-5-11/h1-5H,6-10H2,(H2,14,19). The van der Waals surface area contributed by atoms with E-state index >= 15 is 0 Å². The van der Waals surface area contributed by atoms with Crippen molar-refractivity contribution in [2.24, 2.45) is 5.73 Å². The molecule has 1 heterocycles. The number of nitrogens with zero attached hydrogens (tertiary/aromatic N) is 2. The zero-order valence-electron chi connectivity index (χ0n) is 10.6. The summed E-state index contributed by atoms with van der Waals surface area (Å²) in [6.45, 7) is 2.71. The Morgan fingerprint density at radius 1 is 1.16 bits per heavy atom. The third-order valence-corrected chi connectivity index (χ3v) is 3.31. The molecule has 0 radical (unpaired) electrons. The number of rotatable bonds is 3. The van der Waals surface area contributed by atoms with Crippen LogP contribution in [0.25, 0.3) is 0 Å². The van der Waals surface area contributed by atoms with Crippen LogP contribution in [-0.4, -0.2) is 53.6 Å². The van der Waals surface area contributed by atoms with Crippen LogP contribution in [0, 0.1) is 0 Å².